The van der Waals surface area contributed by atoms with E-state index in [0.717, 1.165) is 31.2 Å². The number of rotatable bonds is 5. The van der Waals surface area contributed by atoms with Gasteiger partial charge in [-0.1, -0.05) is 6.42 Å². The Labute approximate surface area is 191 Å². The molecule has 4 heterocycles. The van der Waals surface area contributed by atoms with Crippen LogP contribution in [0.2, 0.25) is 0 Å². The monoisotopic (exact) mass is 459 g/mol. The van der Waals surface area contributed by atoms with Crippen molar-refractivity contribution >= 4 is 36.5 Å². The highest BCUT2D eigenvalue weighted by atomic mass is 35.5. The molecule has 0 saturated carbocycles. The van der Waals surface area contributed by atoms with Crippen LogP contribution >= 0.6 is 24.8 Å². The number of halogens is 2. The van der Waals surface area contributed by atoms with Gasteiger partial charge in [0.25, 0.3) is 0 Å². The van der Waals surface area contributed by atoms with Crippen LogP contribution in [0, 0.1) is 25.7 Å². The number of aryl methyl sites for hydroxylation is 1. The van der Waals surface area contributed by atoms with Gasteiger partial charge in [0.1, 0.15) is 6.54 Å². The molecule has 3 fully saturated rings. The van der Waals surface area contributed by atoms with Gasteiger partial charge < -0.3 is 10.6 Å². The second kappa shape index (κ2) is 10.4. The molecule has 2 N–H and O–H groups in total. The number of amides is 1. The fourth-order valence-electron chi connectivity index (χ4n) is 5.82. The Kier molecular flexibility index (Phi) is 8.74. The maximum absolute atomic E-state index is 12.6. The Morgan fingerprint density at radius 2 is 1.90 bits per heavy atom. The zero-order chi connectivity index (χ0) is 19.8. The van der Waals surface area contributed by atoms with Crippen LogP contribution in [0.15, 0.2) is 0 Å². The van der Waals surface area contributed by atoms with Crippen molar-refractivity contribution in [1.29, 1.82) is 0 Å². The Morgan fingerprint density at radius 3 is 2.60 bits per heavy atom. The van der Waals surface area contributed by atoms with Crippen LogP contribution in [0.25, 0.3) is 0 Å². The molecule has 0 radical (unpaired) electrons. The average molecular weight is 460 g/mol. The number of ketones is 1. The van der Waals surface area contributed by atoms with Gasteiger partial charge >= 0.3 is 0 Å². The summed E-state index contributed by atoms with van der Waals surface area (Å²) in [5.41, 5.74) is 2.10. The van der Waals surface area contributed by atoms with Crippen molar-refractivity contribution in [1.82, 2.24) is 25.3 Å². The molecule has 0 spiro atoms. The Bertz CT molecular complexity index is 769. The second-order valence-electron chi connectivity index (χ2n) is 8.85. The molecule has 4 atom stereocenters. The lowest BCUT2D eigenvalue weighted by Gasteiger charge is -2.55. The SMILES string of the molecule is CC(=O)c1c(C)nn(CC(=O)NC[C@H]2[C@@H]3CNC[C@@H](C3)[C@@H]3CCCCN32)c1C.Cl.Cl. The zero-order valence-electron chi connectivity index (χ0n) is 18.1. The first-order valence-corrected chi connectivity index (χ1v) is 10.7. The number of nitrogens with zero attached hydrogens (tertiary/aromatic N) is 3. The number of fused-ring (bicyclic) bond motifs is 4. The maximum atomic E-state index is 12.6. The van der Waals surface area contributed by atoms with Crippen molar-refractivity contribution < 1.29 is 9.59 Å². The Balaban J connectivity index is 0.00000160. The molecule has 2 bridgehead atoms. The Hall–Kier alpha value is -1.15. The molecule has 3 aliphatic rings. The molecular formula is C21H35Cl2N5O2. The maximum Gasteiger partial charge on any atom is 0.241 e. The summed E-state index contributed by atoms with van der Waals surface area (Å²) in [5.74, 6) is 1.36. The Morgan fingerprint density at radius 1 is 1.17 bits per heavy atom. The van der Waals surface area contributed by atoms with Crippen molar-refractivity contribution in [2.24, 2.45) is 11.8 Å². The van der Waals surface area contributed by atoms with Crippen molar-refractivity contribution in [2.45, 2.75) is 65.1 Å². The largest absolute Gasteiger partial charge is 0.353 e. The van der Waals surface area contributed by atoms with Crippen LogP contribution in [-0.2, 0) is 11.3 Å². The minimum Gasteiger partial charge on any atom is -0.353 e. The van der Waals surface area contributed by atoms with Crippen molar-refractivity contribution in [2.75, 3.05) is 26.2 Å². The normalized spacial score (nSPS) is 28.0. The topological polar surface area (TPSA) is 79.3 Å². The van der Waals surface area contributed by atoms with Crippen molar-refractivity contribution in [3.05, 3.63) is 17.0 Å². The zero-order valence-corrected chi connectivity index (χ0v) is 19.8. The summed E-state index contributed by atoms with van der Waals surface area (Å²) in [5, 5.41) is 11.2. The van der Waals surface area contributed by atoms with Crippen LogP contribution in [0.4, 0.5) is 0 Å². The molecule has 0 unspecified atom stereocenters. The summed E-state index contributed by atoms with van der Waals surface area (Å²) < 4.78 is 1.66. The third-order valence-electron chi connectivity index (χ3n) is 7.06. The predicted octanol–water partition coefficient (Wildman–Crippen LogP) is 2.12. The number of piperidine rings is 3. The van der Waals surface area contributed by atoms with E-state index in [0.29, 0.717) is 35.8 Å². The lowest BCUT2D eigenvalue weighted by atomic mass is 9.73. The highest BCUT2D eigenvalue weighted by molar-refractivity contribution is 5.96. The summed E-state index contributed by atoms with van der Waals surface area (Å²) in [6, 6.07) is 1.10. The predicted molar refractivity (Wildman–Crippen MR) is 122 cm³/mol. The van der Waals surface area contributed by atoms with E-state index in [4.69, 9.17) is 0 Å². The van der Waals surface area contributed by atoms with Crippen molar-refractivity contribution in [3.8, 4) is 0 Å². The number of hydrogen-bond acceptors (Lipinski definition) is 5. The molecule has 4 rings (SSSR count). The number of carbonyl (C=O) groups excluding carboxylic acids is 2. The third kappa shape index (κ3) is 4.85. The molecule has 7 nitrogen and oxygen atoms in total. The fourth-order valence-corrected chi connectivity index (χ4v) is 5.82. The lowest BCUT2D eigenvalue weighted by molar-refractivity contribution is -0.122. The van der Waals surface area contributed by atoms with Gasteiger partial charge in [0.2, 0.25) is 5.91 Å². The van der Waals surface area contributed by atoms with Gasteiger partial charge in [0.15, 0.2) is 5.78 Å². The van der Waals surface area contributed by atoms with E-state index in [1.54, 1.807) is 11.6 Å². The van der Waals surface area contributed by atoms with E-state index in [-0.39, 0.29) is 43.0 Å². The number of aromatic nitrogens is 2. The van der Waals surface area contributed by atoms with Gasteiger partial charge in [-0.15, -0.1) is 24.8 Å². The number of carbonyl (C=O) groups is 2. The molecule has 3 aliphatic heterocycles. The molecule has 170 valence electrons. The van der Waals surface area contributed by atoms with Gasteiger partial charge in [0.05, 0.1) is 11.3 Å². The molecule has 3 saturated heterocycles. The highest BCUT2D eigenvalue weighted by Crippen LogP contribution is 2.38. The van der Waals surface area contributed by atoms with Gasteiger partial charge in [-0.2, -0.15) is 5.10 Å². The number of nitrogens with one attached hydrogen (secondary N) is 2. The van der Waals surface area contributed by atoms with E-state index >= 15 is 0 Å². The first kappa shape index (κ1) is 25.1. The van der Waals surface area contributed by atoms with Crippen LogP contribution in [0.1, 0.15) is 54.4 Å². The van der Waals surface area contributed by atoms with Crippen LogP contribution < -0.4 is 10.6 Å². The van der Waals surface area contributed by atoms with E-state index in [9.17, 15) is 9.59 Å². The summed E-state index contributed by atoms with van der Waals surface area (Å²) >= 11 is 0. The third-order valence-corrected chi connectivity index (χ3v) is 7.06. The van der Waals surface area contributed by atoms with Crippen LogP contribution in [0.3, 0.4) is 0 Å². The molecule has 9 heteroatoms. The first-order chi connectivity index (χ1) is 13.5. The number of Topliss-reactive ketones (excluding diaryl/α,β-unsaturated/α-hetero) is 1. The standard InChI is InChI=1S/C21H33N5O2.2ClH/c1-13-21(15(3)27)14(2)26(24-13)12-20(28)23-11-19-17-8-16(9-22-10-17)18-6-4-5-7-25(18)19;;/h16-19,22H,4-12H2,1-3H3,(H,23,28);2*1H/t16-,17+,18+,19+;;/m1../s1. The molecule has 1 amide bonds. The number of hydrogen-bond donors (Lipinski definition) is 2. The summed E-state index contributed by atoms with van der Waals surface area (Å²) in [6.45, 7) is 9.46. The minimum atomic E-state index is -0.0276. The molecule has 0 aromatic carbocycles. The average Bonchev–Trinajstić information content (AvgIpc) is 2.95. The van der Waals surface area contributed by atoms with E-state index in [2.05, 4.69) is 20.6 Å². The van der Waals surface area contributed by atoms with Gasteiger partial charge in [-0.05, 0) is 71.5 Å². The summed E-state index contributed by atoms with van der Waals surface area (Å²) in [6.07, 6.45) is 5.18. The van der Waals surface area contributed by atoms with E-state index in [1.807, 2.05) is 13.8 Å². The van der Waals surface area contributed by atoms with Crippen LogP contribution in [0.5, 0.6) is 0 Å². The molecule has 0 aliphatic carbocycles. The van der Waals surface area contributed by atoms with E-state index in [1.165, 1.54) is 25.7 Å². The molecule has 1 aromatic rings. The summed E-state index contributed by atoms with van der Waals surface area (Å²) in [7, 11) is 0. The van der Waals surface area contributed by atoms with Gasteiger partial charge in [-0.3, -0.25) is 19.2 Å². The first-order valence-electron chi connectivity index (χ1n) is 10.7. The smallest absolute Gasteiger partial charge is 0.241 e. The molecule has 30 heavy (non-hydrogen) atoms. The van der Waals surface area contributed by atoms with Gasteiger partial charge in [0, 0.05) is 24.3 Å². The van der Waals surface area contributed by atoms with E-state index < -0.39 is 0 Å². The van der Waals surface area contributed by atoms with Gasteiger partial charge in [-0.25, -0.2) is 0 Å². The highest BCUT2D eigenvalue weighted by Gasteiger charge is 2.45. The fraction of sp³-hybridized carbons (Fsp3) is 0.762. The summed E-state index contributed by atoms with van der Waals surface area (Å²) in [4.78, 5) is 27.1. The molecular weight excluding hydrogens is 425 g/mol. The van der Waals surface area contributed by atoms with Crippen LogP contribution in [-0.4, -0.2) is 64.6 Å². The molecule has 1 aromatic heterocycles. The van der Waals surface area contributed by atoms with Crippen molar-refractivity contribution in [3.63, 3.8) is 0 Å². The minimum absolute atomic E-state index is 0. The quantitative estimate of drug-likeness (QED) is 0.659. The second-order valence-corrected chi connectivity index (χ2v) is 8.85. The lowest BCUT2D eigenvalue weighted by Crippen LogP contribution is -2.65.